The number of hydrogen-bond donors (Lipinski definition) is 3. The summed E-state index contributed by atoms with van der Waals surface area (Å²) in [6, 6.07) is 9.43. The zero-order valence-electron chi connectivity index (χ0n) is 10.3. The maximum Gasteiger partial charge on any atom is 0.206 e. The highest BCUT2D eigenvalue weighted by Crippen LogP contribution is 2.35. The molecule has 100 valence electrons. The van der Waals surface area contributed by atoms with Gasteiger partial charge in [0.25, 0.3) is 0 Å². The molecule has 3 aromatic rings. The number of anilines is 1. The molecule has 0 saturated heterocycles. The standard InChI is InChI=1S/C12H11N7S/c13-10-5-4-7(6-15-10)8-2-1-3-9(20-14)11(8)12-16-18-19-17-12/h1-6H,14H2,(H2,13,15)(H,16,17,18,19). The molecule has 8 heteroatoms. The highest BCUT2D eigenvalue weighted by molar-refractivity contribution is 7.97. The van der Waals surface area contributed by atoms with Gasteiger partial charge < -0.3 is 5.73 Å². The first-order valence-electron chi connectivity index (χ1n) is 5.75. The van der Waals surface area contributed by atoms with Gasteiger partial charge in [-0.15, -0.1) is 10.2 Å². The van der Waals surface area contributed by atoms with Crippen LogP contribution in [0.2, 0.25) is 0 Å². The van der Waals surface area contributed by atoms with Gasteiger partial charge in [0.15, 0.2) is 0 Å². The molecule has 0 radical (unpaired) electrons. The molecule has 0 bridgehead atoms. The van der Waals surface area contributed by atoms with E-state index >= 15 is 0 Å². The van der Waals surface area contributed by atoms with Crippen LogP contribution in [0, 0.1) is 0 Å². The molecule has 0 spiro atoms. The maximum absolute atomic E-state index is 5.72. The molecule has 0 saturated carbocycles. The Bertz CT molecular complexity index is 709. The van der Waals surface area contributed by atoms with Crippen molar-refractivity contribution in [3.63, 3.8) is 0 Å². The van der Waals surface area contributed by atoms with E-state index in [0.29, 0.717) is 11.6 Å². The topological polar surface area (TPSA) is 119 Å². The van der Waals surface area contributed by atoms with Crippen LogP contribution in [0.15, 0.2) is 41.4 Å². The Labute approximate surface area is 118 Å². The molecule has 7 nitrogen and oxygen atoms in total. The number of nitrogens with one attached hydrogen (secondary N) is 1. The second-order valence-corrected chi connectivity index (χ2v) is 4.68. The van der Waals surface area contributed by atoms with E-state index < -0.39 is 0 Å². The number of tetrazole rings is 1. The molecule has 0 fully saturated rings. The largest absolute Gasteiger partial charge is 0.384 e. The van der Waals surface area contributed by atoms with Crippen molar-refractivity contribution in [2.24, 2.45) is 5.14 Å². The minimum absolute atomic E-state index is 0.471. The SMILES string of the molecule is NSc1cccc(-c2ccc(N)nc2)c1-c1nn[nH]n1. The number of hydrogen-bond acceptors (Lipinski definition) is 7. The van der Waals surface area contributed by atoms with Crippen LogP contribution in [0.5, 0.6) is 0 Å². The minimum atomic E-state index is 0.471. The van der Waals surface area contributed by atoms with Gasteiger partial charge >= 0.3 is 0 Å². The Balaban J connectivity index is 2.23. The Kier molecular flexibility index (Phi) is 3.32. The van der Waals surface area contributed by atoms with Crippen LogP contribution in [0.1, 0.15) is 0 Å². The van der Waals surface area contributed by atoms with E-state index in [1.54, 1.807) is 12.3 Å². The molecule has 2 aromatic heterocycles. The van der Waals surface area contributed by atoms with E-state index in [9.17, 15) is 0 Å². The molecule has 3 rings (SSSR count). The van der Waals surface area contributed by atoms with Crippen molar-refractivity contribution in [1.82, 2.24) is 25.6 Å². The molecule has 0 amide bonds. The molecule has 0 aliphatic carbocycles. The molecular formula is C12H11N7S. The third-order valence-electron chi connectivity index (χ3n) is 2.82. The van der Waals surface area contributed by atoms with Crippen molar-refractivity contribution in [1.29, 1.82) is 0 Å². The lowest BCUT2D eigenvalue weighted by Crippen LogP contribution is -1.94. The van der Waals surface area contributed by atoms with E-state index in [1.165, 1.54) is 0 Å². The first-order chi connectivity index (χ1) is 9.79. The summed E-state index contributed by atoms with van der Waals surface area (Å²) in [5.41, 5.74) is 8.28. The van der Waals surface area contributed by atoms with Crippen molar-refractivity contribution in [2.75, 3.05) is 5.73 Å². The van der Waals surface area contributed by atoms with Crippen LogP contribution in [0.25, 0.3) is 22.5 Å². The number of aromatic nitrogens is 5. The first kappa shape index (κ1) is 12.6. The van der Waals surface area contributed by atoms with Gasteiger partial charge in [-0.1, -0.05) is 12.1 Å². The monoisotopic (exact) mass is 285 g/mol. The fourth-order valence-electron chi connectivity index (χ4n) is 1.93. The molecule has 5 N–H and O–H groups in total. The molecule has 20 heavy (non-hydrogen) atoms. The Morgan fingerprint density at radius 3 is 2.70 bits per heavy atom. The Morgan fingerprint density at radius 1 is 1.15 bits per heavy atom. The van der Waals surface area contributed by atoms with E-state index in [0.717, 1.165) is 33.5 Å². The molecule has 0 aliphatic rings. The average molecular weight is 285 g/mol. The van der Waals surface area contributed by atoms with Crippen LogP contribution in [0.3, 0.4) is 0 Å². The highest BCUT2D eigenvalue weighted by atomic mass is 32.2. The van der Waals surface area contributed by atoms with Crippen LogP contribution < -0.4 is 10.9 Å². The molecular weight excluding hydrogens is 274 g/mol. The summed E-state index contributed by atoms with van der Waals surface area (Å²) in [7, 11) is 0. The Hall–Kier alpha value is -2.45. The lowest BCUT2D eigenvalue weighted by atomic mass is 10.0. The van der Waals surface area contributed by atoms with Gasteiger partial charge in [-0.2, -0.15) is 5.21 Å². The van der Waals surface area contributed by atoms with Crippen LogP contribution in [-0.2, 0) is 0 Å². The first-order valence-corrected chi connectivity index (χ1v) is 6.63. The van der Waals surface area contributed by atoms with Crippen LogP contribution in [0.4, 0.5) is 5.82 Å². The lowest BCUT2D eigenvalue weighted by Gasteiger charge is -2.10. The maximum atomic E-state index is 5.72. The summed E-state index contributed by atoms with van der Waals surface area (Å²) in [6.45, 7) is 0. The van der Waals surface area contributed by atoms with Crippen molar-refractivity contribution < 1.29 is 0 Å². The summed E-state index contributed by atoms with van der Waals surface area (Å²) >= 11 is 1.14. The van der Waals surface area contributed by atoms with Crippen molar-refractivity contribution in [2.45, 2.75) is 4.90 Å². The van der Waals surface area contributed by atoms with E-state index in [2.05, 4.69) is 25.6 Å². The Morgan fingerprint density at radius 2 is 2.05 bits per heavy atom. The van der Waals surface area contributed by atoms with Gasteiger partial charge in [0, 0.05) is 22.2 Å². The number of nitrogens with two attached hydrogens (primary N) is 2. The quantitative estimate of drug-likeness (QED) is 0.623. The number of H-pyrrole nitrogens is 1. The number of benzene rings is 1. The normalized spacial score (nSPS) is 10.7. The molecule has 0 unspecified atom stereocenters. The molecule has 0 aliphatic heterocycles. The molecule has 2 heterocycles. The van der Waals surface area contributed by atoms with E-state index in [4.69, 9.17) is 10.9 Å². The third-order valence-corrected chi connectivity index (χ3v) is 3.41. The minimum Gasteiger partial charge on any atom is -0.384 e. The van der Waals surface area contributed by atoms with Gasteiger partial charge in [0.05, 0.1) is 0 Å². The van der Waals surface area contributed by atoms with Crippen LogP contribution in [-0.4, -0.2) is 25.6 Å². The van der Waals surface area contributed by atoms with Crippen molar-refractivity contribution in [3.8, 4) is 22.5 Å². The zero-order chi connectivity index (χ0) is 13.9. The zero-order valence-corrected chi connectivity index (χ0v) is 11.1. The number of rotatable bonds is 3. The lowest BCUT2D eigenvalue weighted by molar-refractivity contribution is 0.881. The summed E-state index contributed by atoms with van der Waals surface area (Å²) in [4.78, 5) is 4.97. The predicted octanol–water partition coefficient (Wildman–Crippen LogP) is 1.48. The second kappa shape index (κ2) is 5.27. The summed E-state index contributed by atoms with van der Waals surface area (Å²) in [5, 5.41) is 19.9. The second-order valence-electron chi connectivity index (χ2n) is 4.00. The van der Waals surface area contributed by atoms with Crippen molar-refractivity contribution >= 4 is 17.8 Å². The summed E-state index contributed by atoms with van der Waals surface area (Å²) in [6.07, 6.45) is 1.71. The van der Waals surface area contributed by atoms with Gasteiger partial charge in [0.1, 0.15) is 5.82 Å². The van der Waals surface area contributed by atoms with E-state index in [1.807, 2.05) is 24.3 Å². The van der Waals surface area contributed by atoms with E-state index in [-0.39, 0.29) is 0 Å². The summed E-state index contributed by atoms with van der Waals surface area (Å²) in [5.74, 6) is 0.963. The van der Waals surface area contributed by atoms with Crippen LogP contribution >= 0.6 is 11.9 Å². The fraction of sp³-hybridized carbons (Fsp3) is 0. The predicted molar refractivity (Wildman–Crippen MR) is 77.3 cm³/mol. The molecule has 1 aromatic carbocycles. The van der Waals surface area contributed by atoms with Gasteiger partial charge in [-0.25, -0.2) is 4.98 Å². The number of nitrogens with zero attached hydrogens (tertiary/aromatic N) is 4. The number of aromatic amines is 1. The fourth-order valence-corrected chi connectivity index (χ4v) is 2.41. The highest BCUT2D eigenvalue weighted by Gasteiger charge is 2.15. The number of pyridine rings is 1. The van der Waals surface area contributed by atoms with Gasteiger partial charge in [-0.05, 0) is 40.9 Å². The van der Waals surface area contributed by atoms with Gasteiger partial charge in [-0.3, -0.25) is 5.14 Å². The molecule has 0 atom stereocenters. The average Bonchev–Trinajstić information content (AvgIpc) is 3.01. The third kappa shape index (κ3) is 2.22. The smallest absolute Gasteiger partial charge is 0.206 e. The van der Waals surface area contributed by atoms with Gasteiger partial charge in [0.2, 0.25) is 5.82 Å². The van der Waals surface area contributed by atoms with Crippen molar-refractivity contribution in [3.05, 3.63) is 36.5 Å². The summed E-state index contributed by atoms with van der Waals surface area (Å²) < 4.78 is 0. The number of nitrogen functional groups attached to an aromatic ring is 1.